The predicted molar refractivity (Wildman–Crippen MR) is 79.4 cm³/mol. The fourth-order valence-corrected chi connectivity index (χ4v) is 2.19. The molecule has 1 rings (SSSR count). The molecule has 0 amide bonds. The van der Waals surface area contributed by atoms with E-state index in [-0.39, 0.29) is 6.29 Å². The van der Waals surface area contributed by atoms with Crippen LogP contribution in [-0.4, -0.2) is 26.0 Å². The molecule has 0 spiro atoms. The third kappa shape index (κ3) is 5.72. The van der Waals surface area contributed by atoms with Crippen molar-refractivity contribution in [3.8, 4) is 0 Å². The van der Waals surface area contributed by atoms with Crippen molar-refractivity contribution in [1.82, 2.24) is 5.32 Å². The lowest BCUT2D eigenvalue weighted by molar-refractivity contribution is -0.133. The van der Waals surface area contributed by atoms with Gasteiger partial charge in [-0.25, -0.2) is 0 Å². The minimum Gasteiger partial charge on any atom is -0.352 e. The van der Waals surface area contributed by atoms with Gasteiger partial charge in [0.2, 0.25) is 0 Å². The number of benzene rings is 1. The molecule has 19 heavy (non-hydrogen) atoms. The summed E-state index contributed by atoms with van der Waals surface area (Å²) in [6, 6.07) is 6.93. The van der Waals surface area contributed by atoms with Crippen molar-refractivity contribution in [2.45, 2.75) is 47.0 Å². The number of ether oxygens (including phenoxy) is 2. The van der Waals surface area contributed by atoms with Crippen LogP contribution >= 0.6 is 0 Å². The quantitative estimate of drug-likeness (QED) is 0.731. The highest BCUT2D eigenvalue weighted by molar-refractivity contribution is 5.30. The zero-order valence-corrected chi connectivity index (χ0v) is 12.8. The van der Waals surface area contributed by atoms with Gasteiger partial charge in [-0.05, 0) is 40.2 Å². The Balaban J connectivity index is 2.55. The minimum absolute atomic E-state index is 0.164. The van der Waals surface area contributed by atoms with Crippen LogP contribution in [0.25, 0.3) is 0 Å². The smallest absolute Gasteiger partial charge is 0.169 e. The van der Waals surface area contributed by atoms with E-state index in [0.717, 1.165) is 0 Å². The molecule has 3 nitrogen and oxygen atoms in total. The van der Waals surface area contributed by atoms with Crippen LogP contribution in [0.15, 0.2) is 18.2 Å². The van der Waals surface area contributed by atoms with Crippen LogP contribution in [0.3, 0.4) is 0 Å². The second-order valence-electron chi connectivity index (χ2n) is 4.89. The average Bonchev–Trinajstić information content (AvgIpc) is 2.35. The summed E-state index contributed by atoms with van der Waals surface area (Å²) in [5.41, 5.74) is 3.91. The molecule has 0 bridgehead atoms. The van der Waals surface area contributed by atoms with Gasteiger partial charge in [0, 0.05) is 25.8 Å². The molecule has 3 heteroatoms. The maximum Gasteiger partial charge on any atom is 0.169 e. The van der Waals surface area contributed by atoms with Gasteiger partial charge in [0.25, 0.3) is 0 Å². The van der Waals surface area contributed by atoms with E-state index in [1.54, 1.807) is 0 Å². The van der Waals surface area contributed by atoms with Gasteiger partial charge in [-0.15, -0.1) is 0 Å². The molecule has 0 saturated carbocycles. The lowest BCUT2D eigenvalue weighted by atomic mass is 10.0. The third-order valence-electron chi connectivity index (χ3n) is 3.04. The Bertz CT molecular complexity index is 353. The van der Waals surface area contributed by atoms with Crippen molar-refractivity contribution in [3.05, 3.63) is 34.9 Å². The van der Waals surface area contributed by atoms with Crippen LogP contribution in [0.4, 0.5) is 0 Å². The number of hydrogen-bond acceptors (Lipinski definition) is 3. The Morgan fingerprint density at radius 1 is 1.00 bits per heavy atom. The molecule has 0 aliphatic heterocycles. The van der Waals surface area contributed by atoms with E-state index in [1.165, 1.54) is 16.7 Å². The van der Waals surface area contributed by atoms with E-state index in [9.17, 15) is 0 Å². The van der Waals surface area contributed by atoms with E-state index >= 15 is 0 Å². The van der Waals surface area contributed by atoms with Crippen molar-refractivity contribution < 1.29 is 9.47 Å². The molecule has 1 N–H and O–H groups in total. The van der Waals surface area contributed by atoms with Crippen molar-refractivity contribution in [2.75, 3.05) is 19.8 Å². The van der Waals surface area contributed by atoms with Crippen molar-refractivity contribution in [2.24, 2.45) is 0 Å². The maximum atomic E-state index is 5.53. The first kappa shape index (κ1) is 16.2. The molecule has 1 aromatic rings. The molecule has 0 saturated heterocycles. The van der Waals surface area contributed by atoms with Gasteiger partial charge in [-0.2, -0.15) is 0 Å². The van der Waals surface area contributed by atoms with Crippen LogP contribution in [0.2, 0.25) is 0 Å². The largest absolute Gasteiger partial charge is 0.352 e. The number of nitrogens with one attached hydrogen (secondary N) is 1. The topological polar surface area (TPSA) is 30.5 Å². The van der Waals surface area contributed by atoms with Gasteiger partial charge >= 0.3 is 0 Å². The van der Waals surface area contributed by atoms with Crippen LogP contribution < -0.4 is 5.32 Å². The molecule has 0 radical (unpaired) electrons. The molecular formula is C16H27NO2. The Hall–Kier alpha value is -0.900. The van der Waals surface area contributed by atoms with Gasteiger partial charge in [0.15, 0.2) is 6.29 Å². The Labute approximate surface area is 117 Å². The number of aryl methyl sites for hydroxylation is 2. The van der Waals surface area contributed by atoms with Crippen LogP contribution in [0.5, 0.6) is 0 Å². The SMILES string of the molecule is CCOC(CNC(C)c1cc(C)cc(C)c1)OCC. The van der Waals surface area contributed by atoms with Gasteiger partial charge in [-0.3, -0.25) is 0 Å². The summed E-state index contributed by atoms with van der Waals surface area (Å²) in [5.74, 6) is 0. The Kier molecular flexibility index (Phi) is 7.06. The van der Waals surface area contributed by atoms with Crippen LogP contribution in [0.1, 0.15) is 43.5 Å². The normalized spacial score (nSPS) is 12.9. The standard InChI is InChI=1S/C16H27NO2/c1-6-18-16(19-7-2)11-17-14(5)15-9-12(3)8-13(4)10-15/h8-10,14,16-17H,6-7,11H2,1-5H3. The summed E-state index contributed by atoms with van der Waals surface area (Å²) in [7, 11) is 0. The minimum atomic E-state index is -0.164. The zero-order valence-electron chi connectivity index (χ0n) is 12.8. The van der Waals surface area contributed by atoms with Crippen molar-refractivity contribution in [3.63, 3.8) is 0 Å². The van der Waals surface area contributed by atoms with E-state index < -0.39 is 0 Å². The summed E-state index contributed by atoms with van der Waals surface area (Å²) in [5, 5.41) is 3.47. The maximum absolute atomic E-state index is 5.53. The summed E-state index contributed by atoms with van der Waals surface area (Å²) in [6.07, 6.45) is -0.164. The van der Waals surface area contributed by atoms with E-state index in [1.807, 2.05) is 13.8 Å². The van der Waals surface area contributed by atoms with E-state index in [2.05, 4.69) is 44.3 Å². The molecule has 1 unspecified atom stereocenters. The van der Waals surface area contributed by atoms with Crippen molar-refractivity contribution >= 4 is 0 Å². The van der Waals surface area contributed by atoms with Crippen molar-refractivity contribution in [1.29, 1.82) is 0 Å². The highest BCUT2D eigenvalue weighted by Gasteiger charge is 2.11. The van der Waals surface area contributed by atoms with Crippen LogP contribution in [-0.2, 0) is 9.47 Å². The first-order valence-electron chi connectivity index (χ1n) is 7.11. The number of hydrogen-bond donors (Lipinski definition) is 1. The van der Waals surface area contributed by atoms with E-state index in [0.29, 0.717) is 25.8 Å². The lowest BCUT2D eigenvalue weighted by Crippen LogP contribution is -2.33. The first-order valence-corrected chi connectivity index (χ1v) is 7.11. The summed E-state index contributed by atoms with van der Waals surface area (Å²) < 4.78 is 11.1. The molecule has 0 aliphatic rings. The van der Waals surface area contributed by atoms with Crippen LogP contribution in [0, 0.1) is 13.8 Å². The monoisotopic (exact) mass is 265 g/mol. The molecular weight excluding hydrogens is 238 g/mol. The molecule has 1 atom stereocenters. The van der Waals surface area contributed by atoms with Gasteiger partial charge in [0.1, 0.15) is 0 Å². The van der Waals surface area contributed by atoms with Gasteiger partial charge in [-0.1, -0.05) is 29.3 Å². The van der Waals surface area contributed by atoms with E-state index in [4.69, 9.17) is 9.47 Å². The Morgan fingerprint density at radius 2 is 1.53 bits per heavy atom. The lowest BCUT2D eigenvalue weighted by Gasteiger charge is -2.21. The highest BCUT2D eigenvalue weighted by Crippen LogP contribution is 2.16. The fourth-order valence-electron chi connectivity index (χ4n) is 2.19. The summed E-state index contributed by atoms with van der Waals surface area (Å²) in [4.78, 5) is 0. The molecule has 0 aromatic heterocycles. The third-order valence-corrected chi connectivity index (χ3v) is 3.04. The molecule has 0 aliphatic carbocycles. The second-order valence-corrected chi connectivity index (χ2v) is 4.89. The van der Waals surface area contributed by atoms with Gasteiger partial charge in [0.05, 0.1) is 0 Å². The highest BCUT2D eigenvalue weighted by atomic mass is 16.7. The predicted octanol–water partition coefficient (Wildman–Crippen LogP) is 3.35. The molecule has 0 heterocycles. The fraction of sp³-hybridized carbons (Fsp3) is 0.625. The Morgan fingerprint density at radius 3 is 2.00 bits per heavy atom. The zero-order chi connectivity index (χ0) is 14.3. The summed E-state index contributed by atoms with van der Waals surface area (Å²) in [6.45, 7) is 12.4. The molecule has 1 aromatic carbocycles. The first-order chi connectivity index (χ1) is 9.06. The van der Waals surface area contributed by atoms with Gasteiger partial charge < -0.3 is 14.8 Å². The second kappa shape index (κ2) is 8.31. The summed E-state index contributed by atoms with van der Waals surface area (Å²) >= 11 is 0. The number of rotatable bonds is 8. The average molecular weight is 265 g/mol. The molecule has 108 valence electrons. The molecule has 0 fully saturated rings.